The first-order valence-electron chi connectivity index (χ1n) is 5.41. The summed E-state index contributed by atoms with van der Waals surface area (Å²) in [5.41, 5.74) is 4.22. The third kappa shape index (κ3) is 2.10. The van der Waals surface area contributed by atoms with Crippen molar-refractivity contribution in [3.05, 3.63) is 34.7 Å². The number of ether oxygens (including phenoxy) is 1. The van der Waals surface area contributed by atoms with Crippen molar-refractivity contribution in [1.29, 1.82) is 0 Å². The lowest BCUT2D eigenvalue weighted by Gasteiger charge is -2.08. The number of hydrogen-bond donors (Lipinski definition) is 0. The van der Waals surface area contributed by atoms with Crippen molar-refractivity contribution in [3.63, 3.8) is 0 Å². The van der Waals surface area contributed by atoms with Gasteiger partial charge in [0.15, 0.2) is 5.69 Å². The summed E-state index contributed by atoms with van der Waals surface area (Å²) < 4.78 is 7.01. The van der Waals surface area contributed by atoms with Crippen molar-refractivity contribution in [2.75, 3.05) is 6.61 Å². The number of thiazole rings is 1. The molecule has 2 aromatic heterocycles. The Morgan fingerprint density at radius 2 is 2.06 bits per heavy atom. The van der Waals surface area contributed by atoms with Gasteiger partial charge in [-0.25, -0.2) is 9.78 Å². The second-order valence-corrected chi connectivity index (χ2v) is 4.51. The van der Waals surface area contributed by atoms with E-state index in [0.717, 1.165) is 16.4 Å². The zero-order chi connectivity index (χ0) is 12.4. The summed E-state index contributed by atoms with van der Waals surface area (Å²) in [6, 6.07) is 4.04. The second-order valence-electron chi connectivity index (χ2n) is 3.68. The molecule has 0 amide bonds. The lowest BCUT2D eigenvalue weighted by atomic mass is 10.4. The van der Waals surface area contributed by atoms with Crippen molar-refractivity contribution in [2.24, 2.45) is 0 Å². The van der Waals surface area contributed by atoms with Gasteiger partial charge < -0.3 is 9.30 Å². The van der Waals surface area contributed by atoms with Crippen LogP contribution in [0.15, 0.2) is 17.6 Å². The molecule has 5 heteroatoms. The van der Waals surface area contributed by atoms with Gasteiger partial charge in [-0.2, -0.15) is 0 Å². The maximum atomic E-state index is 11.8. The zero-order valence-corrected chi connectivity index (χ0v) is 10.9. The first kappa shape index (κ1) is 11.9. The van der Waals surface area contributed by atoms with E-state index in [2.05, 4.69) is 4.98 Å². The van der Waals surface area contributed by atoms with Gasteiger partial charge in [-0.15, -0.1) is 11.3 Å². The standard InChI is InChI=1S/C12H14N2O2S/c1-4-16-12(15)10-11(17-7-13-10)14-8(2)5-6-9(14)3/h5-7H,4H2,1-3H3. The Kier molecular flexibility index (Phi) is 3.28. The van der Waals surface area contributed by atoms with Crippen LogP contribution in [0.4, 0.5) is 0 Å². The van der Waals surface area contributed by atoms with Gasteiger partial charge >= 0.3 is 5.97 Å². The van der Waals surface area contributed by atoms with Crippen molar-refractivity contribution < 1.29 is 9.53 Å². The highest BCUT2D eigenvalue weighted by atomic mass is 32.1. The molecule has 4 nitrogen and oxygen atoms in total. The molecule has 0 spiro atoms. The van der Waals surface area contributed by atoms with E-state index in [1.54, 1.807) is 12.4 Å². The van der Waals surface area contributed by atoms with E-state index >= 15 is 0 Å². The molecular weight excluding hydrogens is 236 g/mol. The molecule has 0 N–H and O–H groups in total. The largest absolute Gasteiger partial charge is 0.461 e. The molecule has 0 aromatic carbocycles. The predicted molar refractivity (Wildman–Crippen MR) is 66.9 cm³/mol. The van der Waals surface area contributed by atoms with E-state index in [1.807, 2.05) is 30.5 Å². The highest BCUT2D eigenvalue weighted by Crippen LogP contribution is 2.24. The molecule has 90 valence electrons. The van der Waals surface area contributed by atoms with Crippen LogP contribution in [0.3, 0.4) is 0 Å². The smallest absolute Gasteiger partial charge is 0.360 e. The third-order valence-corrected chi connectivity index (χ3v) is 3.30. The summed E-state index contributed by atoms with van der Waals surface area (Å²) >= 11 is 1.44. The fraction of sp³-hybridized carbons (Fsp3) is 0.333. The van der Waals surface area contributed by atoms with Gasteiger partial charge in [-0.05, 0) is 32.9 Å². The Labute approximate surface area is 104 Å². The highest BCUT2D eigenvalue weighted by molar-refractivity contribution is 7.12. The minimum Gasteiger partial charge on any atom is -0.461 e. The Morgan fingerprint density at radius 1 is 1.41 bits per heavy atom. The van der Waals surface area contributed by atoms with Crippen molar-refractivity contribution in [3.8, 4) is 5.00 Å². The monoisotopic (exact) mass is 250 g/mol. The summed E-state index contributed by atoms with van der Waals surface area (Å²) in [7, 11) is 0. The lowest BCUT2D eigenvalue weighted by Crippen LogP contribution is -2.09. The number of carbonyl (C=O) groups excluding carboxylic acids is 1. The fourth-order valence-corrected chi connectivity index (χ4v) is 2.63. The molecule has 2 heterocycles. The molecule has 0 atom stereocenters. The van der Waals surface area contributed by atoms with Gasteiger partial charge in [0.2, 0.25) is 0 Å². The number of nitrogens with zero attached hydrogens (tertiary/aromatic N) is 2. The van der Waals surface area contributed by atoms with Crippen LogP contribution in [-0.2, 0) is 4.74 Å². The molecule has 0 bridgehead atoms. The van der Waals surface area contributed by atoms with Gasteiger partial charge in [0, 0.05) is 11.4 Å². The molecule has 0 unspecified atom stereocenters. The number of hydrogen-bond acceptors (Lipinski definition) is 4. The van der Waals surface area contributed by atoms with E-state index in [0.29, 0.717) is 12.3 Å². The van der Waals surface area contributed by atoms with E-state index in [1.165, 1.54) is 11.3 Å². The molecule has 0 aliphatic carbocycles. The predicted octanol–water partition coefficient (Wildman–Crippen LogP) is 2.73. The Hall–Kier alpha value is -1.62. The second kappa shape index (κ2) is 4.71. The van der Waals surface area contributed by atoms with Crippen LogP contribution < -0.4 is 0 Å². The van der Waals surface area contributed by atoms with Gasteiger partial charge in [0.1, 0.15) is 5.00 Å². The molecule has 17 heavy (non-hydrogen) atoms. The molecule has 0 saturated heterocycles. The molecule has 0 aliphatic rings. The molecular formula is C12H14N2O2S. The van der Waals surface area contributed by atoms with Crippen molar-refractivity contribution >= 4 is 17.3 Å². The minimum atomic E-state index is -0.365. The van der Waals surface area contributed by atoms with Crippen LogP contribution in [0.2, 0.25) is 0 Å². The summed E-state index contributed by atoms with van der Waals surface area (Å²) in [6.07, 6.45) is 0. The Bertz CT molecular complexity index is 523. The number of rotatable bonds is 3. The van der Waals surface area contributed by atoms with Crippen molar-refractivity contribution in [2.45, 2.75) is 20.8 Å². The van der Waals surface area contributed by atoms with Crippen molar-refractivity contribution in [1.82, 2.24) is 9.55 Å². The summed E-state index contributed by atoms with van der Waals surface area (Å²) in [6.45, 7) is 6.15. The highest BCUT2D eigenvalue weighted by Gasteiger charge is 2.19. The fourth-order valence-electron chi connectivity index (χ4n) is 1.73. The van der Waals surface area contributed by atoms with Crippen LogP contribution in [-0.4, -0.2) is 22.1 Å². The van der Waals surface area contributed by atoms with E-state index in [4.69, 9.17) is 4.74 Å². The number of esters is 1. The topological polar surface area (TPSA) is 44.1 Å². The number of aromatic nitrogens is 2. The lowest BCUT2D eigenvalue weighted by molar-refractivity contribution is 0.0520. The van der Waals surface area contributed by atoms with Crippen LogP contribution in [0.5, 0.6) is 0 Å². The Balaban J connectivity index is 2.47. The third-order valence-electron chi connectivity index (χ3n) is 2.49. The SMILES string of the molecule is CCOC(=O)c1ncsc1-n1c(C)ccc1C. The van der Waals surface area contributed by atoms with E-state index in [9.17, 15) is 4.79 Å². The summed E-state index contributed by atoms with van der Waals surface area (Å²) in [5.74, 6) is -0.365. The van der Waals surface area contributed by atoms with Crippen LogP contribution >= 0.6 is 11.3 Å². The normalized spacial score (nSPS) is 10.5. The molecule has 0 saturated carbocycles. The van der Waals surface area contributed by atoms with Gasteiger partial charge in [-0.3, -0.25) is 0 Å². The van der Waals surface area contributed by atoms with E-state index < -0.39 is 0 Å². The quantitative estimate of drug-likeness (QED) is 0.787. The summed E-state index contributed by atoms with van der Waals surface area (Å²) in [4.78, 5) is 15.8. The van der Waals surface area contributed by atoms with Gasteiger partial charge in [0.25, 0.3) is 0 Å². The zero-order valence-electron chi connectivity index (χ0n) is 10.1. The van der Waals surface area contributed by atoms with Crippen LogP contribution in [0.25, 0.3) is 5.00 Å². The maximum absolute atomic E-state index is 11.8. The Morgan fingerprint density at radius 3 is 2.65 bits per heavy atom. The average molecular weight is 250 g/mol. The molecule has 2 aromatic rings. The van der Waals surface area contributed by atoms with Crippen LogP contribution in [0.1, 0.15) is 28.8 Å². The molecule has 2 rings (SSSR count). The van der Waals surface area contributed by atoms with Gasteiger partial charge in [0.05, 0.1) is 12.1 Å². The molecule has 0 fully saturated rings. The maximum Gasteiger partial charge on any atom is 0.360 e. The summed E-state index contributed by atoms with van der Waals surface area (Å²) in [5, 5.41) is 0.823. The first-order valence-corrected chi connectivity index (χ1v) is 6.29. The van der Waals surface area contributed by atoms with E-state index in [-0.39, 0.29) is 5.97 Å². The average Bonchev–Trinajstić information content (AvgIpc) is 2.86. The van der Waals surface area contributed by atoms with Crippen LogP contribution in [0, 0.1) is 13.8 Å². The number of carbonyl (C=O) groups is 1. The minimum absolute atomic E-state index is 0.361. The first-order chi connectivity index (χ1) is 8.15. The molecule has 0 radical (unpaired) electrons. The van der Waals surface area contributed by atoms with Gasteiger partial charge in [-0.1, -0.05) is 0 Å². The number of aryl methyl sites for hydroxylation is 2. The molecule has 0 aliphatic heterocycles.